The SMILES string of the molecule is N#Cc1ncccc1C(N)=NCCCCCCCCCc1ccccc1. The molecule has 0 spiro atoms. The van der Waals surface area contributed by atoms with Crippen molar-refractivity contribution in [3.05, 3.63) is 65.5 Å². The van der Waals surface area contributed by atoms with E-state index in [1.807, 2.05) is 6.07 Å². The lowest BCUT2D eigenvalue weighted by Crippen LogP contribution is -2.16. The van der Waals surface area contributed by atoms with E-state index >= 15 is 0 Å². The van der Waals surface area contributed by atoms with Crippen molar-refractivity contribution in [3.63, 3.8) is 0 Å². The molecule has 2 N–H and O–H groups in total. The number of pyridine rings is 1. The standard InChI is InChI=1S/C22H28N4/c23-18-21-20(15-11-17-25-21)22(24)26-16-10-5-3-1-2-4-7-12-19-13-8-6-9-14-19/h6,8-9,11,13-15,17H,1-5,7,10,12,16H2,(H2,24,26). The van der Waals surface area contributed by atoms with Crippen LogP contribution in [-0.4, -0.2) is 17.4 Å². The number of amidine groups is 1. The van der Waals surface area contributed by atoms with Gasteiger partial charge in [-0.2, -0.15) is 5.26 Å². The second-order valence-corrected chi connectivity index (χ2v) is 6.49. The number of aryl methyl sites for hydroxylation is 1. The summed E-state index contributed by atoms with van der Waals surface area (Å²) in [6, 6.07) is 16.3. The van der Waals surface area contributed by atoms with Gasteiger partial charge >= 0.3 is 0 Å². The molecule has 1 aromatic carbocycles. The summed E-state index contributed by atoms with van der Waals surface area (Å²) in [5.74, 6) is 0.413. The molecular weight excluding hydrogens is 320 g/mol. The Morgan fingerprint density at radius 1 is 0.923 bits per heavy atom. The summed E-state index contributed by atoms with van der Waals surface area (Å²) in [6.45, 7) is 0.708. The van der Waals surface area contributed by atoms with Crippen LogP contribution < -0.4 is 5.73 Å². The molecule has 0 amide bonds. The highest BCUT2D eigenvalue weighted by molar-refractivity contribution is 5.99. The Bertz CT molecular complexity index is 716. The molecule has 0 radical (unpaired) electrons. The number of aromatic nitrogens is 1. The van der Waals surface area contributed by atoms with Crippen molar-refractivity contribution < 1.29 is 0 Å². The van der Waals surface area contributed by atoms with Crippen LogP contribution >= 0.6 is 0 Å². The molecule has 4 nitrogen and oxygen atoms in total. The maximum Gasteiger partial charge on any atom is 0.151 e. The Labute approximate surface area is 156 Å². The molecule has 0 aliphatic carbocycles. The van der Waals surface area contributed by atoms with Crippen LogP contribution in [-0.2, 0) is 6.42 Å². The Morgan fingerprint density at radius 3 is 2.35 bits per heavy atom. The first-order chi connectivity index (χ1) is 12.8. The molecule has 0 unspecified atom stereocenters. The average molecular weight is 348 g/mol. The fourth-order valence-corrected chi connectivity index (χ4v) is 2.96. The smallest absolute Gasteiger partial charge is 0.151 e. The van der Waals surface area contributed by atoms with Crippen LogP contribution in [0.3, 0.4) is 0 Å². The molecule has 0 aliphatic rings. The second-order valence-electron chi connectivity index (χ2n) is 6.49. The molecule has 2 rings (SSSR count). The zero-order valence-corrected chi connectivity index (χ0v) is 15.4. The molecule has 4 heteroatoms. The van der Waals surface area contributed by atoms with Crippen LogP contribution in [0, 0.1) is 11.3 Å². The maximum atomic E-state index is 9.04. The highest BCUT2D eigenvalue weighted by Crippen LogP contribution is 2.11. The number of benzene rings is 1. The normalized spacial score (nSPS) is 11.3. The molecule has 0 saturated carbocycles. The zero-order chi connectivity index (χ0) is 18.5. The van der Waals surface area contributed by atoms with Crippen molar-refractivity contribution in [1.29, 1.82) is 5.26 Å². The van der Waals surface area contributed by atoms with E-state index in [4.69, 9.17) is 11.0 Å². The topological polar surface area (TPSA) is 75.1 Å². The monoisotopic (exact) mass is 348 g/mol. The van der Waals surface area contributed by atoms with Gasteiger partial charge in [-0.05, 0) is 37.0 Å². The summed E-state index contributed by atoms with van der Waals surface area (Å²) in [7, 11) is 0. The van der Waals surface area contributed by atoms with Gasteiger partial charge in [-0.1, -0.05) is 62.4 Å². The predicted octanol–water partition coefficient (Wildman–Crippen LogP) is 4.63. The molecule has 2 aromatic rings. The first-order valence-corrected chi connectivity index (χ1v) is 9.50. The van der Waals surface area contributed by atoms with Crippen LogP contribution in [0.1, 0.15) is 61.8 Å². The molecule has 26 heavy (non-hydrogen) atoms. The van der Waals surface area contributed by atoms with Gasteiger partial charge in [0.05, 0.1) is 5.56 Å². The van der Waals surface area contributed by atoms with Crippen molar-refractivity contribution in [2.24, 2.45) is 10.7 Å². The predicted molar refractivity (Wildman–Crippen MR) is 107 cm³/mol. The first kappa shape index (κ1) is 19.7. The van der Waals surface area contributed by atoms with Crippen molar-refractivity contribution >= 4 is 5.84 Å². The minimum Gasteiger partial charge on any atom is -0.383 e. The molecule has 0 aliphatic heterocycles. The number of unbranched alkanes of at least 4 members (excludes halogenated alkanes) is 6. The number of hydrogen-bond donors (Lipinski definition) is 1. The van der Waals surface area contributed by atoms with E-state index in [9.17, 15) is 0 Å². The fourth-order valence-electron chi connectivity index (χ4n) is 2.96. The van der Waals surface area contributed by atoms with E-state index in [0.717, 1.165) is 6.42 Å². The van der Waals surface area contributed by atoms with Crippen LogP contribution in [0.2, 0.25) is 0 Å². The number of nitriles is 1. The second kappa shape index (κ2) is 11.8. The lowest BCUT2D eigenvalue weighted by molar-refractivity contribution is 0.582. The lowest BCUT2D eigenvalue weighted by Gasteiger charge is -2.04. The summed E-state index contributed by atoms with van der Waals surface area (Å²) in [5.41, 5.74) is 8.38. The summed E-state index contributed by atoms with van der Waals surface area (Å²) < 4.78 is 0. The van der Waals surface area contributed by atoms with E-state index < -0.39 is 0 Å². The van der Waals surface area contributed by atoms with Gasteiger partial charge in [0.2, 0.25) is 0 Å². The Balaban J connectivity index is 1.52. The van der Waals surface area contributed by atoms with Crippen LogP contribution in [0.15, 0.2) is 53.7 Å². The minimum absolute atomic E-state index is 0.337. The van der Waals surface area contributed by atoms with Gasteiger partial charge in [-0.3, -0.25) is 4.99 Å². The van der Waals surface area contributed by atoms with Crippen molar-refractivity contribution in [2.75, 3.05) is 6.54 Å². The van der Waals surface area contributed by atoms with E-state index in [1.165, 1.54) is 50.5 Å². The molecule has 0 saturated heterocycles. The number of nitrogens with two attached hydrogens (primary N) is 1. The maximum absolute atomic E-state index is 9.04. The number of rotatable bonds is 11. The van der Waals surface area contributed by atoms with E-state index in [2.05, 4.69) is 40.3 Å². The number of nitrogens with zero attached hydrogens (tertiary/aromatic N) is 3. The third-order valence-electron chi connectivity index (χ3n) is 4.44. The third kappa shape index (κ3) is 7.06. The van der Waals surface area contributed by atoms with E-state index in [-0.39, 0.29) is 0 Å². The van der Waals surface area contributed by atoms with Gasteiger partial charge in [0.25, 0.3) is 0 Å². The van der Waals surface area contributed by atoms with Gasteiger partial charge in [-0.15, -0.1) is 0 Å². The summed E-state index contributed by atoms with van der Waals surface area (Å²) in [5, 5.41) is 9.04. The molecule has 0 fully saturated rings. The summed E-state index contributed by atoms with van der Waals surface area (Å²) >= 11 is 0. The van der Waals surface area contributed by atoms with Crippen LogP contribution in [0.5, 0.6) is 0 Å². The highest BCUT2D eigenvalue weighted by Gasteiger charge is 2.05. The number of aliphatic imine (C=N–C) groups is 1. The number of hydrogen-bond acceptors (Lipinski definition) is 3. The average Bonchev–Trinajstić information content (AvgIpc) is 2.70. The quantitative estimate of drug-likeness (QED) is 0.365. The summed E-state index contributed by atoms with van der Waals surface area (Å²) in [6.07, 6.45) is 11.4. The molecule has 1 heterocycles. The highest BCUT2D eigenvalue weighted by atomic mass is 14.9. The first-order valence-electron chi connectivity index (χ1n) is 9.50. The molecular formula is C22H28N4. The van der Waals surface area contributed by atoms with Gasteiger partial charge in [0.15, 0.2) is 5.69 Å². The Hall–Kier alpha value is -2.67. The minimum atomic E-state index is 0.337. The lowest BCUT2D eigenvalue weighted by atomic mass is 10.0. The fraction of sp³-hybridized carbons (Fsp3) is 0.409. The molecule has 1 aromatic heterocycles. The van der Waals surface area contributed by atoms with Gasteiger partial charge in [-0.25, -0.2) is 4.98 Å². The van der Waals surface area contributed by atoms with E-state index in [1.54, 1.807) is 18.3 Å². The summed E-state index contributed by atoms with van der Waals surface area (Å²) in [4.78, 5) is 8.40. The Morgan fingerprint density at radius 2 is 1.62 bits per heavy atom. The van der Waals surface area contributed by atoms with Gasteiger partial charge < -0.3 is 5.73 Å². The van der Waals surface area contributed by atoms with Gasteiger partial charge in [0.1, 0.15) is 11.9 Å². The third-order valence-corrected chi connectivity index (χ3v) is 4.44. The van der Waals surface area contributed by atoms with Crippen molar-refractivity contribution in [3.8, 4) is 6.07 Å². The molecule has 136 valence electrons. The van der Waals surface area contributed by atoms with Crippen LogP contribution in [0.4, 0.5) is 0 Å². The molecule has 0 atom stereocenters. The van der Waals surface area contributed by atoms with Crippen molar-refractivity contribution in [2.45, 2.75) is 51.4 Å². The largest absolute Gasteiger partial charge is 0.383 e. The molecule has 0 bridgehead atoms. The Kier molecular flexibility index (Phi) is 8.93. The zero-order valence-electron chi connectivity index (χ0n) is 15.4. The van der Waals surface area contributed by atoms with Crippen molar-refractivity contribution in [1.82, 2.24) is 4.98 Å². The van der Waals surface area contributed by atoms with Gasteiger partial charge in [0, 0.05) is 12.7 Å². The van der Waals surface area contributed by atoms with E-state index in [0.29, 0.717) is 23.6 Å². The van der Waals surface area contributed by atoms with Crippen LogP contribution in [0.25, 0.3) is 0 Å².